The van der Waals surface area contributed by atoms with E-state index in [0.717, 1.165) is 0 Å². The van der Waals surface area contributed by atoms with Crippen molar-refractivity contribution in [2.45, 2.75) is 139 Å². The molecule has 0 saturated carbocycles. The van der Waals surface area contributed by atoms with Crippen LogP contribution in [0.1, 0.15) is 51.4 Å². The van der Waals surface area contributed by atoms with E-state index >= 15 is 0 Å². The van der Waals surface area contributed by atoms with Gasteiger partial charge in [-0.1, -0.05) is 0 Å². The first-order chi connectivity index (χ1) is 12.8. The molecule has 0 spiro atoms. The molecule has 0 atom stereocenters. The molecule has 0 aromatic heterocycles. The van der Waals surface area contributed by atoms with Gasteiger partial charge in [0, 0.05) is 0 Å². The van der Waals surface area contributed by atoms with Crippen LogP contribution in [0.4, 0.5) is 0 Å². The summed E-state index contributed by atoms with van der Waals surface area (Å²) in [5, 5.41) is 13.3. The molecule has 28 heavy (non-hydrogen) atoms. The monoisotopic (exact) mass is 640 g/mol. The van der Waals surface area contributed by atoms with Crippen molar-refractivity contribution in [3.8, 4) is 0 Å². The van der Waals surface area contributed by atoms with Gasteiger partial charge < -0.3 is 0 Å². The summed E-state index contributed by atoms with van der Waals surface area (Å²) in [5.41, 5.74) is 0. The van der Waals surface area contributed by atoms with Crippen LogP contribution >= 0.6 is 0 Å². The standard InChI is InChI=1S/C24H56Ge4/c1-25(2)17-9-11-19-26(3,4)21-13-15-23-28(7,8)24-16-14-22-27(5,6)20-12-10-18-25/h9-24H2,1-8H3. The molecule has 0 aliphatic carbocycles. The minimum atomic E-state index is -1.44. The molecule has 1 aliphatic rings. The topological polar surface area (TPSA) is 0 Å². The van der Waals surface area contributed by atoms with Crippen molar-refractivity contribution in [3.63, 3.8) is 0 Å². The maximum absolute atomic E-state index is 2.73. The average Bonchev–Trinajstić information content (AvgIpc) is 2.56. The van der Waals surface area contributed by atoms with E-state index in [2.05, 4.69) is 46.0 Å². The second-order valence-electron chi connectivity index (χ2n) is 13.5. The molecule has 0 amide bonds. The summed E-state index contributed by atoms with van der Waals surface area (Å²) in [6.07, 6.45) is 12.6. The molecule has 1 fully saturated rings. The molecular weight excluding hydrogens is 579 g/mol. The Bertz CT molecular complexity index is 314. The summed E-state index contributed by atoms with van der Waals surface area (Å²) in [6.45, 7) is 0. The second kappa shape index (κ2) is 13.0. The van der Waals surface area contributed by atoms with Crippen LogP contribution in [0.3, 0.4) is 0 Å². The minimum absolute atomic E-state index is 1.44. The van der Waals surface area contributed by atoms with E-state index in [-0.39, 0.29) is 0 Å². The van der Waals surface area contributed by atoms with E-state index in [4.69, 9.17) is 0 Å². The Morgan fingerprint density at radius 2 is 0.357 bits per heavy atom. The quantitative estimate of drug-likeness (QED) is 0.233. The van der Waals surface area contributed by atoms with Gasteiger partial charge in [-0.3, -0.25) is 0 Å². The molecule has 0 bridgehead atoms. The van der Waals surface area contributed by atoms with Crippen molar-refractivity contribution in [1.82, 2.24) is 0 Å². The van der Waals surface area contributed by atoms with Crippen molar-refractivity contribution < 1.29 is 0 Å². The average molecular weight is 635 g/mol. The fourth-order valence-corrected chi connectivity index (χ4v) is 27.7. The third-order valence-corrected chi connectivity index (χ3v) is 36.5. The summed E-state index contributed by atoms with van der Waals surface area (Å²) in [4.78, 5) is 0. The zero-order valence-electron chi connectivity index (χ0n) is 21.3. The van der Waals surface area contributed by atoms with Crippen LogP contribution in [0.2, 0.25) is 88.1 Å². The van der Waals surface area contributed by atoms with E-state index < -0.39 is 53.1 Å². The van der Waals surface area contributed by atoms with Crippen molar-refractivity contribution in [2.75, 3.05) is 0 Å². The van der Waals surface area contributed by atoms with Crippen LogP contribution in [-0.4, -0.2) is 53.1 Å². The second-order valence-corrected chi connectivity index (χ2v) is 58.2. The van der Waals surface area contributed by atoms with Gasteiger partial charge in [-0.05, 0) is 0 Å². The normalized spacial score (nSPS) is 28.3. The molecular formula is C24H56Ge4. The molecule has 0 unspecified atom stereocenters. The van der Waals surface area contributed by atoms with Gasteiger partial charge in [0.15, 0.2) is 0 Å². The summed E-state index contributed by atoms with van der Waals surface area (Å²) < 4.78 is 0. The van der Waals surface area contributed by atoms with E-state index in [0.29, 0.717) is 0 Å². The van der Waals surface area contributed by atoms with Crippen LogP contribution in [0, 0.1) is 0 Å². The Morgan fingerprint density at radius 3 is 0.464 bits per heavy atom. The molecule has 168 valence electrons. The van der Waals surface area contributed by atoms with Crippen LogP contribution in [0.25, 0.3) is 0 Å². The first-order valence-electron chi connectivity index (χ1n) is 12.8. The van der Waals surface area contributed by atoms with Gasteiger partial charge in [0.25, 0.3) is 0 Å². The Morgan fingerprint density at radius 1 is 0.250 bits per heavy atom. The Hall–Kier alpha value is 2.17. The molecule has 4 heteroatoms. The van der Waals surface area contributed by atoms with E-state index in [1.165, 1.54) is 0 Å². The molecule has 1 saturated heterocycles. The van der Waals surface area contributed by atoms with E-state index in [1.54, 1.807) is 93.4 Å². The number of hydrogen-bond donors (Lipinski definition) is 0. The van der Waals surface area contributed by atoms with Crippen LogP contribution in [-0.2, 0) is 0 Å². The number of hydrogen-bond acceptors (Lipinski definition) is 0. The summed E-state index contributed by atoms with van der Waals surface area (Å²) in [5.74, 6) is 21.9. The van der Waals surface area contributed by atoms with E-state index in [9.17, 15) is 0 Å². The van der Waals surface area contributed by atoms with Gasteiger partial charge in [0.1, 0.15) is 0 Å². The first-order valence-corrected chi connectivity index (χ1v) is 41.5. The third-order valence-electron chi connectivity index (χ3n) is 7.83. The van der Waals surface area contributed by atoms with Crippen LogP contribution in [0.5, 0.6) is 0 Å². The van der Waals surface area contributed by atoms with Crippen molar-refractivity contribution in [1.29, 1.82) is 0 Å². The molecule has 1 rings (SSSR count). The molecule has 0 nitrogen and oxygen atoms in total. The van der Waals surface area contributed by atoms with Gasteiger partial charge in [-0.25, -0.2) is 0 Å². The fraction of sp³-hybridized carbons (Fsp3) is 1.00. The Kier molecular flexibility index (Phi) is 13.1. The third kappa shape index (κ3) is 14.3. The fourth-order valence-electron chi connectivity index (χ4n) is 5.33. The van der Waals surface area contributed by atoms with Crippen molar-refractivity contribution in [2.24, 2.45) is 0 Å². The zero-order chi connectivity index (χ0) is 21.3. The van der Waals surface area contributed by atoms with Gasteiger partial charge in [0.2, 0.25) is 0 Å². The van der Waals surface area contributed by atoms with Gasteiger partial charge in [-0.15, -0.1) is 0 Å². The zero-order valence-corrected chi connectivity index (χ0v) is 29.7. The maximum atomic E-state index is 2.73. The Balaban J connectivity index is 2.59. The van der Waals surface area contributed by atoms with Crippen LogP contribution in [0.15, 0.2) is 0 Å². The van der Waals surface area contributed by atoms with E-state index in [1.807, 2.05) is 0 Å². The Labute approximate surface area is 191 Å². The molecule has 1 aliphatic heterocycles. The van der Waals surface area contributed by atoms with Gasteiger partial charge in [0.05, 0.1) is 0 Å². The van der Waals surface area contributed by atoms with Crippen molar-refractivity contribution >= 4 is 53.1 Å². The van der Waals surface area contributed by atoms with Gasteiger partial charge >= 0.3 is 193 Å². The number of rotatable bonds is 0. The predicted molar refractivity (Wildman–Crippen MR) is 145 cm³/mol. The summed E-state index contributed by atoms with van der Waals surface area (Å²) >= 11 is -5.75. The van der Waals surface area contributed by atoms with Crippen LogP contribution < -0.4 is 0 Å². The molecule has 0 N–H and O–H groups in total. The van der Waals surface area contributed by atoms with Gasteiger partial charge in [-0.2, -0.15) is 0 Å². The SMILES string of the molecule is [CH3][Ge]1([CH3])[CH2]CC[CH2][Ge]([CH3])([CH3])[CH2]CC[CH2][Ge]([CH3])([CH3])[CH2]CC[CH2][Ge]([CH3])([CH3])[CH2]CC[CH2]1. The molecule has 1 heterocycles. The first kappa shape index (κ1) is 28.2. The summed E-state index contributed by atoms with van der Waals surface area (Å²) in [7, 11) is 0. The molecule has 0 aromatic carbocycles. The molecule has 0 aromatic rings. The molecule has 0 radical (unpaired) electrons. The summed E-state index contributed by atoms with van der Waals surface area (Å²) in [6, 6.07) is 0. The van der Waals surface area contributed by atoms with Crippen molar-refractivity contribution in [3.05, 3.63) is 0 Å². The predicted octanol–water partition coefficient (Wildman–Crippen LogP) is 9.95.